The third-order valence-electron chi connectivity index (χ3n) is 3.20. The van der Waals surface area contributed by atoms with Crippen molar-refractivity contribution in [2.45, 2.75) is 6.54 Å². The predicted octanol–water partition coefficient (Wildman–Crippen LogP) is 2.88. The van der Waals surface area contributed by atoms with Gasteiger partial charge >= 0.3 is 0 Å². The Labute approximate surface area is 116 Å². The van der Waals surface area contributed by atoms with Gasteiger partial charge in [0.1, 0.15) is 5.69 Å². The Hall–Kier alpha value is -2.59. The van der Waals surface area contributed by atoms with Gasteiger partial charge in [0.2, 0.25) is 0 Å². The third kappa shape index (κ3) is 2.41. The van der Waals surface area contributed by atoms with Crippen molar-refractivity contribution in [3.8, 4) is 0 Å². The fourth-order valence-corrected chi connectivity index (χ4v) is 2.17. The molecule has 0 unspecified atom stereocenters. The highest BCUT2D eigenvalue weighted by molar-refractivity contribution is 6.05. The van der Waals surface area contributed by atoms with E-state index in [1.54, 1.807) is 0 Å². The number of para-hydroxylation sites is 1. The molecule has 0 bridgehead atoms. The lowest BCUT2D eigenvalue weighted by Gasteiger charge is -2.05. The van der Waals surface area contributed by atoms with E-state index in [9.17, 15) is 4.79 Å². The number of aromatic amines is 1. The molecule has 0 saturated heterocycles. The molecule has 0 atom stereocenters. The first-order valence-corrected chi connectivity index (χ1v) is 6.44. The third-order valence-corrected chi connectivity index (χ3v) is 3.20. The van der Waals surface area contributed by atoms with Crippen molar-refractivity contribution in [3.05, 3.63) is 65.9 Å². The minimum absolute atomic E-state index is 0.157. The minimum Gasteiger partial charge on any atom is -0.351 e. The van der Waals surface area contributed by atoms with Crippen molar-refractivity contribution in [2.75, 3.05) is 5.32 Å². The first kappa shape index (κ1) is 12.4. The van der Waals surface area contributed by atoms with Crippen LogP contribution in [0.4, 0.5) is 5.69 Å². The van der Waals surface area contributed by atoms with Crippen molar-refractivity contribution in [1.29, 1.82) is 0 Å². The van der Waals surface area contributed by atoms with E-state index < -0.39 is 0 Å². The first-order chi connectivity index (χ1) is 9.76. The van der Waals surface area contributed by atoms with Crippen LogP contribution in [0.15, 0.2) is 54.6 Å². The van der Waals surface area contributed by atoms with Crippen LogP contribution in [0.25, 0.3) is 10.9 Å². The zero-order chi connectivity index (χ0) is 13.9. The van der Waals surface area contributed by atoms with Crippen molar-refractivity contribution in [3.63, 3.8) is 0 Å². The summed E-state index contributed by atoms with van der Waals surface area (Å²) in [4.78, 5) is 15.3. The molecule has 3 rings (SSSR count). The molecule has 0 fully saturated rings. The molecule has 1 amide bonds. The summed E-state index contributed by atoms with van der Waals surface area (Å²) >= 11 is 0. The zero-order valence-electron chi connectivity index (χ0n) is 10.9. The Morgan fingerprint density at radius 2 is 1.95 bits per heavy atom. The summed E-state index contributed by atoms with van der Waals surface area (Å²) in [5.74, 6) is -0.157. The molecular weight excluding hydrogens is 250 g/mol. The average molecular weight is 265 g/mol. The monoisotopic (exact) mass is 265 g/mol. The Morgan fingerprint density at radius 1 is 1.10 bits per heavy atom. The molecule has 4 heteroatoms. The van der Waals surface area contributed by atoms with E-state index in [2.05, 4.69) is 10.3 Å². The molecule has 0 aliphatic heterocycles. The summed E-state index contributed by atoms with van der Waals surface area (Å²) < 4.78 is 0. The first-order valence-electron chi connectivity index (χ1n) is 6.44. The lowest BCUT2D eigenvalue weighted by atomic mass is 10.2. The highest BCUT2D eigenvalue weighted by atomic mass is 16.1. The number of carbonyl (C=O) groups excluding carboxylic acids is 1. The summed E-state index contributed by atoms with van der Waals surface area (Å²) in [5.41, 5.74) is 8.82. The number of carbonyl (C=O) groups is 1. The van der Waals surface area contributed by atoms with Crippen LogP contribution in [0.1, 0.15) is 16.1 Å². The fraction of sp³-hybridized carbons (Fsp3) is 0.0625. The maximum absolute atomic E-state index is 12.2. The van der Waals surface area contributed by atoms with Crippen molar-refractivity contribution in [2.24, 2.45) is 5.73 Å². The van der Waals surface area contributed by atoms with Gasteiger partial charge in [-0.05, 0) is 29.8 Å². The van der Waals surface area contributed by atoms with Gasteiger partial charge in [0.25, 0.3) is 5.91 Å². The molecule has 0 radical (unpaired) electrons. The second-order valence-electron chi connectivity index (χ2n) is 4.63. The molecule has 0 saturated carbocycles. The zero-order valence-corrected chi connectivity index (χ0v) is 10.9. The molecule has 2 aromatic carbocycles. The van der Waals surface area contributed by atoms with E-state index >= 15 is 0 Å². The Kier molecular flexibility index (Phi) is 3.23. The van der Waals surface area contributed by atoms with Crippen LogP contribution < -0.4 is 11.1 Å². The number of anilines is 1. The van der Waals surface area contributed by atoms with Gasteiger partial charge in [0, 0.05) is 23.1 Å². The topological polar surface area (TPSA) is 70.9 Å². The van der Waals surface area contributed by atoms with E-state index in [0.29, 0.717) is 12.2 Å². The molecule has 0 aliphatic carbocycles. The Balaban J connectivity index is 1.85. The van der Waals surface area contributed by atoms with Crippen LogP contribution in [-0.4, -0.2) is 10.9 Å². The quantitative estimate of drug-likeness (QED) is 0.681. The normalized spacial score (nSPS) is 10.7. The number of aromatic nitrogens is 1. The number of nitrogens with two attached hydrogens (primary N) is 1. The number of hydrogen-bond acceptors (Lipinski definition) is 2. The van der Waals surface area contributed by atoms with Crippen LogP contribution in [-0.2, 0) is 6.54 Å². The van der Waals surface area contributed by atoms with Gasteiger partial charge in [-0.15, -0.1) is 0 Å². The summed E-state index contributed by atoms with van der Waals surface area (Å²) in [7, 11) is 0. The predicted molar refractivity (Wildman–Crippen MR) is 80.6 cm³/mol. The van der Waals surface area contributed by atoms with Crippen LogP contribution in [0.3, 0.4) is 0 Å². The highest BCUT2D eigenvalue weighted by Gasteiger charge is 2.09. The minimum atomic E-state index is -0.157. The number of H-pyrrole nitrogens is 1. The van der Waals surface area contributed by atoms with Crippen LogP contribution in [0.2, 0.25) is 0 Å². The molecule has 0 spiro atoms. The number of fused-ring (bicyclic) bond motifs is 1. The fourth-order valence-electron chi connectivity index (χ4n) is 2.17. The number of amides is 1. The van der Waals surface area contributed by atoms with Gasteiger partial charge in [-0.2, -0.15) is 0 Å². The lowest BCUT2D eigenvalue weighted by molar-refractivity contribution is 0.102. The van der Waals surface area contributed by atoms with E-state index in [4.69, 9.17) is 5.73 Å². The van der Waals surface area contributed by atoms with Gasteiger partial charge in [-0.3, -0.25) is 4.79 Å². The maximum Gasteiger partial charge on any atom is 0.272 e. The average Bonchev–Trinajstić information content (AvgIpc) is 2.91. The van der Waals surface area contributed by atoms with Crippen LogP contribution in [0, 0.1) is 0 Å². The molecule has 4 nitrogen and oxygen atoms in total. The summed E-state index contributed by atoms with van der Waals surface area (Å²) in [6, 6.07) is 17.2. The van der Waals surface area contributed by atoms with Gasteiger partial charge < -0.3 is 16.0 Å². The largest absolute Gasteiger partial charge is 0.351 e. The number of benzene rings is 2. The summed E-state index contributed by atoms with van der Waals surface area (Å²) in [6.45, 7) is 0.454. The van der Waals surface area contributed by atoms with Crippen molar-refractivity contribution >= 4 is 22.5 Å². The van der Waals surface area contributed by atoms with Crippen LogP contribution in [0.5, 0.6) is 0 Å². The maximum atomic E-state index is 12.2. The molecule has 1 aromatic heterocycles. The van der Waals surface area contributed by atoms with E-state index in [-0.39, 0.29) is 5.91 Å². The van der Waals surface area contributed by atoms with Crippen molar-refractivity contribution < 1.29 is 4.79 Å². The van der Waals surface area contributed by atoms with Crippen molar-refractivity contribution in [1.82, 2.24) is 4.98 Å². The van der Waals surface area contributed by atoms with Crippen LogP contribution >= 0.6 is 0 Å². The Bertz CT molecular complexity index is 728. The van der Waals surface area contributed by atoms with Gasteiger partial charge in [0.15, 0.2) is 0 Å². The molecule has 20 heavy (non-hydrogen) atoms. The van der Waals surface area contributed by atoms with Gasteiger partial charge in [0.05, 0.1) is 0 Å². The number of rotatable bonds is 3. The number of nitrogens with one attached hydrogen (secondary N) is 2. The van der Waals surface area contributed by atoms with Gasteiger partial charge in [-0.1, -0.05) is 30.3 Å². The van der Waals surface area contributed by atoms with Gasteiger partial charge in [-0.25, -0.2) is 0 Å². The second-order valence-corrected chi connectivity index (χ2v) is 4.63. The highest BCUT2D eigenvalue weighted by Crippen LogP contribution is 2.16. The van der Waals surface area contributed by atoms with E-state index in [0.717, 1.165) is 22.2 Å². The molecule has 100 valence electrons. The second kappa shape index (κ2) is 5.19. The number of hydrogen-bond donors (Lipinski definition) is 3. The summed E-state index contributed by atoms with van der Waals surface area (Å²) in [6.07, 6.45) is 0. The molecule has 3 aromatic rings. The standard InChI is InChI=1S/C16H15N3O/c17-10-11-4-3-6-13(8-11)18-16(20)15-9-12-5-1-2-7-14(12)19-15/h1-9,19H,10,17H2,(H,18,20). The molecule has 0 aliphatic rings. The molecule has 1 heterocycles. The SMILES string of the molecule is NCc1cccc(NC(=O)c2cc3ccccc3[nH]2)c1. The molecular formula is C16H15N3O. The summed E-state index contributed by atoms with van der Waals surface area (Å²) in [5, 5.41) is 3.89. The van der Waals surface area contributed by atoms with E-state index in [1.807, 2.05) is 54.6 Å². The smallest absolute Gasteiger partial charge is 0.272 e. The Morgan fingerprint density at radius 3 is 2.75 bits per heavy atom. The van der Waals surface area contributed by atoms with E-state index in [1.165, 1.54) is 0 Å². The molecule has 4 N–H and O–H groups in total. The lowest BCUT2D eigenvalue weighted by Crippen LogP contribution is -2.12.